The Morgan fingerprint density at radius 3 is 2.70 bits per heavy atom. The van der Waals surface area contributed by atoms with Gasteiger partial charge in [-0.3, -0.25) is 15.6 Å². The first-order valence-electron chi connectivity index (χ1n) is 5.98. The zero-order valence-corrected chi connectivity index (χ0v) is 12.8. The number of thiocarbonyl (C=S) groups is 1. The second-order valence-corrected chi connectivity index (χ2v) is 5.28. The summed E-state index contributed by atoms with van der Waals surface area (Å²) < 4.78 is 13.0. The van der Waals surface area contributed by atoms with E-state index in [4.69, 9.17) is 23.8 Å². The molecule has 4 N–H and O–H groups in total. The molecule has 20 heavy (non-hydrogen) atoms. The molecule has 0 aliphatic heterocycles. The number of hydrazine groups is 1. The van der Waals surface area contributed by atoms with Crippen molar-refractivity contribution in [1.82, 2.24) is 10.9 Å². The Hall–Kier alpha value is -1.44. The molecule has 1 aromatic rings. The van der Waals surface area contributed by atoms with E-state index in [1.807, 2.05) is 14.1 Å². The SMILES string of the molecule is C[NH+](C)CCC(=O)NNC(=S)Nc1ccc(F)c(Cl)c1. The largest absolute Gasteiger partial charge is 0.339 e. The van der Waals surface area contributed by atoms with Crippen LogP contribution >= 0.6 is 23.8 Å². The van der Waals surface area contributed by atoms with Crippen LogP contribution in [-0.4, -0.2) is 31.7 Å². The minimum atomic E-state index is -0.504. The number of hydrogen-bond donors (Lipinski definition) is 4. The highest BCUT2D eigenvalue weighted by molar-refractivity contribution is 7.80. The Kier molecular flexibility index (Phi) is 6.63. The van der Waals surface area contributed by atoms with Crippen LogP contribution in [0.4, 0.5) is 10.1 Å². The molecule has 0 bridgehead atoms. The molecule has 0 spiro atoms. The summed E-state index contributed by atoms with van der Waals surface area (Å²) in [6.45, 7) is 0.723. The van der Waals surface area contributed by atoms with Crippen LogP contribution in [-0.2, 0) is 4.79 Å². The number of nitrogens with one attached hydrogen (secondary N) is 4. The number of benzene rings is 1. The first-order chi connectivity index (χ1) is 9.38. The van der Waals surface area contributed by atoms with Gasteiger partial charge in [0.15, 0.2) is 5.11 Å². The van der Waals surface area contributed by atoms with Crippen LogP contribution in [0.15, 0.2) is 18.2 Å². The molecule has 0 saturated carbocycles. The van der Waals surface area contributed by atoms with E-state index in [2.05, 4.69) is 16.2 Å². The van der Waals surface area contributed by atoms with Crippen molar-refractivity contribution in [1.29, 1.82) is 0 Å². The molecule has 5 nitrogen and oxygen atoms in total. The van der Waals surface area contributed by atoms with Crippen molar-refractivity contribution in [2.24, 2.45) is 0 Å². The molecule has 0 saturated heterocycles. The van der Waals surface area contributed by atoms with Gasteiger partial charge < -0.3 is 10.2 Å². The molecular weight excluding hydrogens is 303 g/mol. The van der Waals surface area contributed by atoms with Gasteiger partial charge in [-0.2, -0.15) is 0 Å². The van der Waals surface area contributed by atoms with Crippen LogP contribution in [0.25, 0.3) is 0 Å². The van der Waals surface area contributed by atoms with Gasteiger partial charge in [0.25, 0.3) is 0 Å². The van der Waals surface area contributed by atoms with Gasteiger partial charge >= 0.3 is 0 Å². The summed E-state index contributed by atoms with van der Waals surface area (Å²) >= 11 is 10.6. The van der Waals surface area contributed by atoms with E-state index in [1.165, 1.54) is 23.1 Å². The number of rotatable bonds is 4. The molecule has 0 heterocycles. The topological polar surface area (TPSA) is 57.6 Å². The minimum absolute atomic E-state index is 0.00389. The molecular formula is C12H17ClFN4OS+. The number of quaternary nitrogens is 1. The molecule has 0 aromatic heterocycles. The van der Waals surface area contributed by atoms with E-state index < -0.39 is 5.82 Å². The maximum Gasteiger partial charge on any atom is 0.244 e. The monoisotopic (exact) mass is 319 g/mol. The molecule has 1 amide bonds. The molecule has 0 atom stereocenters. The van der Waals surface area contributed by atoms with Crippen molar-refractivity contribution in [2.75, 3.05) is 26.0 Å². The fourth-order valence-electron chi connectivity index (χ4n) is 1.29. The van der Waals surface area contributed by atoms with Gasteiger partial charge in [-0.05, 0) is 30.4 Å². The highest BCUT2D eigenvalue weighted by Gasteiger charge is 2.05. The Morgan fingerprint density at radius 2 is 2.10 bits per heavy atom. The van der Waals surface area contributed by atoms with Crippen LogP contribution < -0.4 is 21.1 Å². The highest BCUT2D eigenvalue weighted by atomic mass is 35.5. The second kappa shape index (κ2) is 7.98. The number of hydrogen-bond acceptors (Lipinski definition) is 2. The van der Waals surface area contributed by atoms with Crippen molar-refractivity contribution in [3.8, 4) is 0 Å². The van der Waals surface area contributed by atoms with Gasteiger partial charge in [-0.25, -0.2) is 4.39 Å². The van der Waals surface area contributed by atoms with E-state index in [9.17, 15) is 9.18 Å². The molecule has 8 heteroatoms. The molecule has 110 valence electrons. The second-order valence-electron chi connectivity index (χ2n) is 4.46. The zero-order chi connectivity index (χ0) is 15.1. The van der Waals surface area contributed by atoms with E-state index >= 15 is 0 Å². The molecule has 1 rings (SSSR count). The minimum Gasteiger partial charge on any atom is -0.339 e. The molecule has 0 aliphatic carbocycles. The average Bonchev–Trinajstić information content (AvgIpc) is 2.38. The standard InChI is InChI=1S/C12H16ClFN4OS/c1-18(2)6-5-11(19)16-17-12(20)15-8-3-4-10(14)9(13)7-8/h3-4,7H,5-6H2,1-2H3,(H,16,19)(H2,15,17,20)/p+1. The highest BCUT2D eigenvalue weighted by Crippen LogP contribution is 2.19. The maximum atomic E-state index is 13.0. The number of carbonyl (C=O) groups is 1. The normalized spacial score (nSPS) is 10.2. The third-order valence-electron chi connectivity index (χ3n) is 2.34. The number of halogens is 2. The number of anilines is 1. The molecule has 0 radical (unpaired) electrons. The van der Waals surface area contributed by atoms with Crippen molar-refractivity contribution >= 4 is 40.5 Å². The fraction of sp³-hybridized carbons (Fsp3) is 0.333. The predicted molar refractivity (Wildman–Crippen MR) is 81.2 cm³/mol. The number of carbonyl (C=O) groups excluding carboxylic acids is 1. The fourth-order valence-corrected chi connectivity index (χ4v) is 1.64. The Bertz CT molecular complexity index is 498. The van der Waals surface area contributed by atoms with Crippen LogP contribution in [0.2, 0.25) is 5.02 Å². The quantitative estimate of drug-likeness (QED) is 0.477. The summed E-state index contributed by atoms with van der Waals surface area (Å²) in [7, 11) is 3.93. The van der Waals surface area contributed by atoms with Gasteiger partial charge in [0.05, 0.1) is 32.1 Å². The first kappa shape index (κ1) is 16.6. The summed E-state index contributed by atoms with van der Waals surface area (Å²) in [4.78, 5) is 12.6. The lowest BCUT2D eigenvalue weighted by Crippen LogP contribution is -3.05. The summed E-state index contributed by atoms with van der Waals surface area (Å²) in [5.74, 6) is -0.664. The van der Waals surface area contributed by atoms with E-state index in [1.54, 1.807) is 0 Å². The Morgan fingerprint density at radius 1 is 1.40 bits per heavy atom. The smallest absolute Gasteiger partial charge is 0.244 e. The molecule has 0 unspecified atom stereocenters. The van der Waals surface area contributed by atoms with Crippen LogP contribution in [0.1, 0.15) is 6.42 Å². The van der Waals surface area contributed by atoms with Crippen LogP contribution in [0.3, 0.4) is 0 Å². The van der Waals surface area contributed by atoms with Crippen molar-refractivity contribution in [3.63, 3.8) is 0 Å². The predicted octanol–water partition coefficient (Wildman–Crippen LogP) is 0.331. The van der Waals surface area contributed by atoms with Crippen LogP contribution in [0, 0.1) is 5.82 Å². The van der Waals surface area contributed by atoms with Gasteiger partial charge in [0, 0.05) is 5.69 Å². The van der Waals surface area contributed by atoms with E-state index in [0.717, 1.165) is 6.54 Å². The summed E-state index contributed by atoms with van der Waals surface area (Å²) in [5, 5.41) is 2.97. The lowest BCUT2D eigenvalue weighted by Gasteiger charge is -2.12. The molecule has 0 fully saturated rings. The maximum absolute atomic E-state index is 13.0. The van der Waals surface area contributed by atoms with Gasteiger partial charge in [-0.15, -0.1) is 0 Å². The summed E-state index contributed by atoms with van der Waals surface area (Å²) in [6, 6.07) is 4.13. The lowest BCUT2D eigenvalue weighted by molar-refractivity contribution is -0.857. The Balaban J connectivity index is 2.36. The molecule has 0 aliphatic rings. The third-order valence-corrected chi connectivity index (χ3v) is 2.84. The first-order valence-corrected chi connectivity index (χ1v) is 6.77. The van der Waals surface area contributed by atoms with Crippen molar-refractivity contribution in [3.05, 3.63) is 29.0 Å². The van der Waals surface area contributed by atoms with Crippen molar-refractivity contribution in [2.45, 2.75) is 6.42 Å². The zero-order valence-electron chi connectivity index (χ0n) is 11.2. The van der Waals surface area contributed by atoms with Gasteiger partial charge in [-0.1, -0.05) is 11.6 Å². The van der Waals surface area contributed by atoms with E-state index in [-0.39, 0.29) is 16.0 Å². The van der Waals surface area contributed by atoms with Gasteiger partial charge in [0.1, 0.15) is 5.82 Å². The average molecular weight is 320 g/mol. The van der Waals surface area contributed by atoms with Gasteiger partial charge in [0.2, 0.25) is 5.91 Å². The summed E-state index contributed by atoms with van der Waals surface area (Å²) in [5.41, 5.74) is 5.56. The number of amides is 1. The van der Waals surface area contributed by atoms with E-state index in [0.29, 0.717) is 12.1 Å². The third kappa shape index (κ3) is 6.14. The summed E-state index contributed by atoms with van der Waals surface area (Å²) in [6.07, 6.45) is 0.389. The van der Waals surface area contributed by atoms with Crippen molar-refractivity contribution < 1.29 is 14.1 Å². The lowest BCUT2D eigenvalue weighted by atomic mass is 10.3. The van der Waals surface area contributed by atoms with Crippen LogP contribution in [0.5, 0.6) is 0 Å². The Labute approximate surface area is 127 Å². The molecule has 1 aromatic carbocycles.